The Morgan fingerprint density at radius 2 is 2.24 bits per heavy atom. The van der Waals surface area contributed by atoms with Crippen LogP contribution in [0.3, 0.4) is 0 Å². The number of likely N-dealkylation sites (N-methyl/N-ethyl adjacent to an activating group) is 1. The molecule has 1 saturated carbocycles. The van der Waals surface area contributed by atoms with E-state index in [-0.39, 0.29) is 30.5 Å². The topological polar surface area (TPSA) is 81.7 Å². The van der Waals surface area contributed by atoms with Gasteiger partial charge in [-0.2, -0.15) is 0 Å². The summed E-state index contributed by atoms with van der Waals surface area (Å²) in [6.07, 6.45) is 1.38. The van der Waals surface area contributed by atoms with Gasteiger partial charge in [-0.1, -0.05) is 0 Å². The van der Waals surface area contributed by atoms with Gasteiger partial charge in [0.1, 0.15) is 6.04 Å². The Labute approximate surface area is 100 Å². The van der Waals surface area contributed by atoms with Gasteiger partial charge in [0.05, 0.1) is 12.6 Å². The fraction of sp³-hybridized carbons (Fsp3) is 0.818. The number of hydrogen-bond donors (Lipinski definition) is 3. The van der Waals surface area contributed by atoms with Crippen LogP contribution < -0.4 is 10.6 Å². The fourth-order valence-electron chi connectivity index (χ4n) is 2.33. The molecule has 2 rings (SSSR count). The second-order valence-corrected chi connectivity index (χ2v) is 4.95. The summed E-state index contributed by atoms with van der Waals surface area (Å²) in [4.78, 5) is 24.6. The van der Waals surface area contributed by atoms with E-state index < -0.39 is 0 Å². The van der Waals surface area contributed by atoms with Crippen molar-refractivity contribution in [2.45, 2.75) is 25.0 Å². The molecule has 0 aromatic rings. The summed E-state index contributed by atoms with van der Waals surface area (Å²) in [5, 5.41) is 14.8. The first-order valence-electron chi connectivity index (χ1n) is 5.99. The number of nitrogens with one attached hydrogen (secondary N) is 2. The predicted molar refractivity (Wildman–Crippen MR) is 61.2 cm³/mol. The minimum atomic E-state index is -0.317. The van der Waals surface area contributed by atoms with Crippen molar-refractivity contribution in [2.24, 2.45) is 5.92 Å². The number of carbonyl (C=O) groups is 2. The molecule has 17 heavy (non-hydrogen) atoms. The predicted octanol–water partition coefficient (Wildman–Crippen LogP) is -1.70. The van der Waals surface area contributed by atoms with Gasteiger partial charge in [-0.3, -0.25) is 14.9 Å². The van der Waals surface area contributed by atoms with E-state index in [9.17, 15) is 14.7 Å². The molecule has 0 spiro atoms. The maximum absolute atomic E-state index is 12.0. The number of nitrogens with zero attached hydrogens (tertiary/aromatic N) is 1. The SMILES string of the molecule is CN(CC1CC(O)C1)C(=O)C1CNC(=O)CN1. The van der Waals surface area contributed by atoms with Crippen LogP contribution in [0.4, 0.5) is 0 Å². The Hall–Kier alpha value is -1.14. The zero-order chi connectivity index (χ0) is 12.4. The van der Waals surface area contributed by atoms with Crippen LogP contribution in [0, 0.1) is 5.92 Å². The molecule has 1 saturated heterocycles. The van der Waals surface area contributed by atoms with Crippen LogP contribution in [-0.4, -0.2) is 60.6 Å². The van der Waals surface area contributed by atoms with Gasteiger partial charge in [0.15, 0.2) is 0 Å². The lowest BCUT2D eigenvalue weighted by atomic mass is 9.82. The first-order valence-corrected chi connectivity index (χ1v) is 5.99. The number of rotatable bonds is 3. The minimum absolute atomic E-state index is 0.00592. The summed E-state index contributed by atoms with van der Waals surface area (Å²) in [5.74, 6) is 0.349. The van der Waals surface area contributed by atoms with Crippen molar-refractivity contribution in [3.8, 4) is 0 Å². The molecule has 0 aromatic heterocycles. The van der Waals surface area contributed by atoms with Gasteiger partial charge in [0.25, 0.3) is 0 Å². The van der Waals surface area contributed by atoms with Crippen LogP contribution >= 0.6 is 0 Å². The van der Waals surface area contributed by atoms with Crippen molar-refractivity contribution in [3.05, 3.63) is 0 Å². The average molecular weight is 241 g/mol. The second-order valence-electron chi connectivity index (χ2n) is 4.95. The van der Waals surface area contributed by atoms with Gasteiger partial charge < -0.3 is 15.3 Å². The lowest BCUT2D eigenvalue weighted by Crippen LogP contribution is -2.58. The first-order chi connectivity index (χ1) is 8.06. The van der Waals surface area contributed by atoms with Gasteiger partial charge in [-0.05, 0) is 18.8 Å². The van der Waals surface area contributed by atoms with E-state index in [0.717, 1.165) is 12.8 Å². The monoisotopic (exact) mass is 241 g/mol. The fourth-order valence-corrected chi connectivity index (χ4v) is 2.33. The smallest absolute Gasteiger partial charge is 0.241 e. The van der Waals surface area contributed by atoms with E-state index in [1.54, 1.807) is 11.9 Å². The molecule has 0 radical (unpaired) electrons. The highest BCUT2D eigenvalue weighted by Gasteiger charge is 2.31. The molecule has 1 aliphatic heterocycles. The lowest BCUT2D eigenvalue weighted by molar-refractivity contribution is -0.135. The molecule has 1 atom stereocenters. The van der Waals surface area contributed by atoms with Gasteiger partial charge in [-0.15, -0.1) is 0 Å². The van der Waals surface area contributed by atoms with Crippen molar-refractivity contribution in [2.75, 3.05) is 26.7 Å². The average Bonchev–Trinajstić information content (AvgIpc) is 2.27. The summed E-state index contributed by atoms with van der Waals surface area (Å²) in [7, 11) is 1.77. The number of amides is 2. The van der Waals surface area contributed by atoms with E-state index in [2.05, 4.69) is 10.6 Å². The highest BCUT2D eigenvalue weighted by molar-refractivity contribution is 5.86. The minimum Gasteiger partial charge on any atom is -0.393 e. The third-order valence-corrected chi connectivity index (χ3v) is 3.43. The first kappa shape index (κ1) is 12.3. The van der Waals surface area contributed by atoms with Crippen LogP contribution in [-0.2, 0) is 9.59 Å². The summed E-state index contributed by atoms with van der Waals surface area (Å²) in [6, 6.07) is -0.317. The Kier molecular flexibility index (Phi) is 3.63. The van der Waals surface area contributed by atoms with Crippen LogP contribution in [0.2, 0.25) is 0 Å². The van der Waals surface area contributed by atoms with Crippen LogP contribution in [0.15, 0.2) is 0 Å². The molecule has 6 nitrogen and oxygen atoms in total. The van der Waals surface area contributed by atoms with Crippen LogP contribution in [0.5, 0.6) is 0 Å². The van der Waals surface area contributed by atoms with Gasteiger partial charge >= 0.3 is 0 Å². The van der Waals surface area contributed by atoms with E-state index in [0.29, 0.717) is 19.0 Å². The molecule has 2 aliphatic rings. The number of hydrogen-bond acceptors (Lipinski definition) is 4. The Morgan fingerprint density at radius 1 is 1.53 bits per heavy atom. The summed E-state index contributed by atoms with van der Waals surface area (Å²) < 4.78 is 0. The highest BCUT2D eigenvalue weighted by atomic mass is 16.3. The highest BCUT2D eigenvalue weighted by Crippen LogP contribution is 2.27. The Balaban J connectivity index is 1.76. The second kappa shape index (κ2) is 5.01. The van der Waals surface area contributed by atoms with Gasteiger partial charge in [-0.25, -0.2) is 0 Å². The van der Waals surface area contributed by atoms with E-state index >= 15 is 0 Å². The molecule has 0 bridgehead atoms. The van der Waals surface area contributed by atoms with Crippen LogP contribution in [0.1, 0.15) is 12.8 Å². The maximum atomic E-state index is 12.0. The van der Waals surface area contributed by atoms with Gasteiger partial charge in [0, 0.05) is 20.1 Å². The standard InChI is InChI=1S/C11H19N3O3/c1-14(6-7-2-8(15)3-7)11(17)9-4-13-10(16)5-12-9/h7-9,12,15H,2-6H2,1H3,(H,13,16). The maximum Gasteiger partial charge on any atom is 0.241 e. The van der Waals surface area contributed by atoms with Crippen molar-refractivity contribution in [1.82, 2.24) is 15.5 Å². The molecular formula is C11H19N3O3. The Bertz CT molecular complexity index is 305. The number of aliphatic hydroxyl groups excluding tert-OH is 1. The molecule has 2 amide bonds. The van der Waals surface area contributed by atoms with E-state index in [1.807, 2.05) is 0 Å². The summed E-state index contributed by atoms with van der Waals surface area (Å²) >= 11 is 0. The third-order valence-electron chi connectivity index (χ3n) is 3.43. The largest absolute Gasteiger partial charge is 0.393 e. The van der Waals surface area contributed by atoms with Crippen molar-refractivity contribution in [3.63, 3.8) is 0 Å². The molecule has 6 heteroatoms. The molecule has 3 N–H and O–H groups in total. The molecule has 2 fully saturated rings. The molecule has 96 valence electrons. The van der Waals surface area contributed by atoms with E-state index in [4.69, 9.17) is 0 Å². The van der Waals surface area contributed by atoms with Gasteiger partial charge in [0.2, 0.25) is 11.8 Å². The molecule has 1 heterocycles. The Morgan fingerprint density at radius 3 is 2.76 bits per heavy atom. The molecule has 0 aromatic carbocycles. The zero-order valence-corrected chi connectivity index (χ0v) is 9.98. The zero-order valence-electron chi connectivity index (χ0n) is 9.98. The number of aliphatic hydroxyl groups is 1. The van der Waals surface area contributed by atoms with Crippen molar-refractivity contribution >= 4 is 11.8 Å². The number of piperazine rings is 1. The molecule has 1 aliphatic carbocycles. The number of carbonyl (C=O) groups excluding carboxylic acids is 2. The summed E-state index contributed by atoms with van der Waals surface area (Å²) in [5.41, 5.74) is 0. The third kappa shape index (κ3) is 2.95. The van der Waals surface area contributed by atoms with Crippen molar-refractivity contribution in [1.29, 1.82) is 0 Å². The normalized spacial score (nSPS) is 32.6. The van der Waals surface area contributed by atoms with Crippen LogP contribution in [0.25, 0.3) is 0 Å². The van der Waals surface area contributed by atoms with E-state index in [1.165, 1.54) is 0 Å². The van der Waals surface area contributed by atoms with Crippen molar-refractivity contribution < 1.29 is 14.7 Å². The summed E-state index contributed by atoms with van der Waals surface area (Å²) in [6.45, 7) is 1.24. The lowest BCUT2D eigenvalue weighted by Gasteiger charge is -2.36. The molecular weight excluding hydrogens is 222 g/mol. The quantitative estimate of drug-likeness (QED) is 0.550. The molecule has 1 unspecified atom stereocenters.